The Morgan fingerprint density at radius 3 is 3.06 bits per heavy atom. The van der Waals surface area contributed by atoms with Crippen LogP contribution in [0.4, 0.5) is 0 Å². The molecule has 1 fully saturated rings. The van der Waals surface area contributed by atoms with Crippen molar-refractivity contribution in [3.63, 3.8) is 0 Å². The molecule has 88 valence electrons. The van der Waals surface area contributed by atoms with Crippen LogP contribution in [0.15, 0.2) is 22.7 Å². The monoisotopic (exact) mass is 285 g/mol. The number of halogens is 1. The fourth-order valence-corrected chi connectivity index (χ4v) is 2.44. The highest BCUT2D eigenvalue weighted by Gasteiger charge is 2.14. The number of ether oxygens (including phenoxy) is 2. The Balaban J connectivity index is 2.01. The summed E-state index contributed by atoms with van der Waals surface area (Å²) in [5, 5.41) is 3.33. The third-order valence-corrected chi connectivity index (χ3v) is 3.30. The van der Waals surface area contributed by atoms with Crippen molar-refractivity contribution in [1.29, 1.82) is 0 Å². The highest BCUT2D eigenvalue weighted by atomic mass is 79.9. The molecule has 1 aliphatic rings. The van der Waals surface area contributed by atoms with Crippen LogP contribution >= 0.6 is 15.9 Å². The van der Waals surface area contributed by atoms with E-state index in [1.807, 2.05) is 6.07 Å². The molecule has 1 saturated heterocycles. The fraction of sp³-hybridized carbons (Fsp3) is 0.500. The topological polar surface area (TPSA) is 30.5 Å². The van der Waals surface area contributed by atoms with E-state index in [-0.39, 0.29) is 6.10 Å². The minimum absolute atomic E-state index is 0.286. The molecule has 0 aliphatic carbocycles. The molecule has 0 unspecified atom stereocenters. The maximum absolute atomic E-state index is 5.67. The van der Waals surface area contributed by atoms with Crippen molar-refractivity contribution in [2.45, 2.75) is 12.5 Å². The Labute approximate surface area is 104 Å². The van der Waals surface area contributed by atoms with Crippen LogP contribution in [-0.4, -0.2) is 32.9 Å². The van der Waals surface area contributed by atoms with Crippen LogP contribution in [0.2, 0.25) is 0 Å². The zero-order valence-corrected chi connectivity index (χ0v) is 10.9. The molecule has 0 amide bonds. The first kappa shape index (κ1) is 11.9. The van der Waals surface area contributed by atoms with Gasteiger partial charge in [0.1, 0.15) is 5.75 Å². The maximum atomic E-state index is 5.67. The molecule has 3 nitrogen and oxygen atoms in total. The predicted octanol–water partition coefficient (Wildman–Crippen LogP) is 1.99. The zero-order chi connectivity index (χ0) is 11.4. The standard InChI is InChI=1S/C12H16BrNO2/c1-15-12-3-2-9(7-11(12)13)6-10-8-14-4-5-16-10/h2-3,7,10,14H,4-6,8H2,1H3/t10-/m0/s1. The molecule has 1 heterocycles. The van der Waals surface area contributed by atoms with Gasteiger partial charge < -0.3 is 14.8 Å². The molecule has 1 atom stereocenters. The summed E-state index contributed by atoms with van der Waals surface area (Å²) < 4.78 is 11.9. The Kier molecular flexibility index (Phi) is 4.21. The first-order chi connectivity index (χ1) is 7.79. The van der Waals surface area contributed by atoms with Crippen LogP contribution in [0.3, 0.4) is 0 Å². The minimum Gasteiger partial charge on any atom is -0.496 e. The van der Waals surface area contributed by atoms with Crippen LogP contribution in [0, 0.1) is 0 Å². The van der Waals surface area contributed by atoms with Crippen molar-refractivity contribution in [2.75, 3.05) is 26.8 Å². The van der Waals surface area contributed by atoms with Gasteiger partial charge in [0.15, 0.2) is 0 Å². The number of benzene rings is 1. The number of morpholine rings is 1. The van der Waals surface area contributed by atoms with E-state index in [9.17, 15) is 0 Å². The summed E-state index contributed by atoms with van der Waals surface area (Å²) in [6.07, 6.45) is 1.23. The summed E-state index contributed by atoms with van der Waals surface area (Å²) in [6, 6.07) is 6.16. The Morgan fingerprint density at radius 2 is 2.44 bits per heavy atom. The smallest absolute Gasteiger partial charge is 0.133 e. The predicted molar refractivity (Wildman–Crippen MR) is 67.0 cm³/mol. The first-order valence-corrected chi connectivity index (χ1v) is 6.23. The van der Waals surface area contributed by atoms with Crippen molar-refractivity contribution in [1.82, 2.24) is 5.32 Å². The largest absolute Gasteiger partial charge is 0.496 e. The van der Waals surface area contributed by atoms with Crippen molar-refractivity contribution in [2.24, 2.45) is 0 Å². The molecular weight excluding hydrogens is 270 g/mol. The van der Waals surface area contributed by atoms with E-state index in [0.717, 1.165) is 36.3 Å². The third-order valence-electron chi connectivity index (χ3n) is 2.68. The second kappa shape index (κ2) is 5.66. The van der Waals surface area contributed by atoms with Crippen molar-refractivity contribution < 1.29 is 9.47 Å². The molecule has 0 bridgehead atoms. The quantitative estimate of drug-likeness (QED) is 0.921. The minimum atomic E-state index is 0.286. The van der Waals surface area contributed by atoms with Gasteiger partial charge in [0.25, 0.3) is 0 Å². The van der Waals surface area contributed by atoms with Gasteiger partial charge in [-0.05, 0) is 40.0 Å². The van der Waals surface area contributed by atoms with Gasteiger partial charge in [-0.15, -0.1) is 0 Å². The lowest BCUT2D eigenvalue weighted by Gasteiger charge is -2.23. The molecule has 0 spiro atoms. The van der Waals surface area contributed by atoms with Gasteiger partial charge in [-0.3, -0.25) is 0 Å². The van der Waals surface area contributed by atoms with E-state index in [1.165, 1.54) is 5.56 Å². The van der Waals surface area contributed by atoms with E-state index in [2.05, 4.69) is 33.4 Å². The molecule has 1 aromatic rings. The highest BCUT2D eigenvalue weighted by molar-refractivity contribution is 9.10. The molecule has 0 aromatic heterocycles. The summed E-state index contributed by atoms with van der Waals surface area (Å²) in [6.45, 7) is 2.70. The van der Waals surface area contributed by atoms with Gasteiger partial charge in [-0.25, -0.2) is 0 Å². The Hall–Kier alpha value is -0.580. The molecular formula is C12H16BrNO2. The van der Waals surface area contributed by atoms with E-state index < -0.39 is 0 Å². The molecule has 4 heteroatoms. The van der Waals surface area contributed by atoms with E-state index in [1.54, 1.807) is 7.11 Å². The molecule has 0 radical (unpaired) electrons. The molecule has 2 rings (SSSR count). The molecule has 1 aliphatic heterocycles. The third kappa shape index (κ3) is 2.97. The molecule has 1 N–H and O–H groups in total. The Morgan fingerprint density at radius 1 is 1.56 bits per heavy atom. The van der Waals surface area contributed by atoms with Crippen LogP contribution in [0.5, 0.6) is 5.75 Å². The Bertz CT molecular complexity index is 351. The van der Waals surface area contributed by atoms with Crippen LogP contribution in [0.1, 0.15) is 5.56 Å². The first-order valence-electron chi connectivity index (χ1n) is 5.44. The van der Waals surface area contributed by atoms with Gasteiger partial charge in [0, 0.05) is 13.1 Å². The average Bonchev–Trinajstić information content (AvgIpc) is 2.31. The second-order valence-corrected chi connectivity index (χ2v) is 4.72. The number of nitrogens with one attached hydrogen (secondary N) is 1. The van der Waals surface area contributed by atoms with Crippen molar-refractivity contribution in [3.05, 3.63) is 28.2 Å². The summed E-state index contributed by atoms with van der Waals surface area (Å²) in [5.41, 5.74) is 1.27. The number of methoxy groups -OCH3 is 1. The van der Waals surface area contributed by atoms with Gasteiger partial charge in [0.05, 0.1) is 24.3 Å². The second-order valence-electron chi connectivity index (χ2n) is 3.87. The average molecular weight is 286 g/mol. The molecule has 16 heavy (non-hydrogen) atoms. The normalized spacial score (nSPS) is 20.8. The SMILES string of the molecule is COc1ccc(C[C@H]2CNCCO2)cc1Br. The fourth-order valence-electron chi connectivity index (χ4n) is 1.85. The lowest BCUT2D eigenvalue weighted by molar-refractivity contribution is 0.0292. The van der Waals surface area contributed by atoms with E-state index in [4.69, 9.17) is 9.47 Å². The lowest BCUT2D eigenvalue weighted by Crippen LogP contribution is -2.39. The lowest BCUT2D eigenvalue weighted by atomic mass is 10.1. The summed E-state index contributed by atoms with van der Waals surface area (Å²) >= 11 is 3.49. The maximum Gasteiger partial charge on any atom is 0.133 e. The van der Waals surface area contributed by atoms with Gasteiger partial charge >= 0.3 is 0 Å². The van der Waals surface area contributed by atoms with Crippen molar-refractivity contribution in [3.8, 4) is 5.75 Å². The van der Waals surface area contributed by atoms with Crippen LogP contribution in [-0.2, 0) is 11.2 Å². The molecule has 1 aromatic carbocycles. The summed E-state index contributed by atoms with van der Waals surface area (Å²) in [7, 11) is 1.67. The van der Waals surface area contributed by atoms with Crippen LogP contribution < -0.4 is 10.1 Å². The number of hydrogen-bond donors (Lipinski definition) is 1. The van der Waals surface area contributed by atoms with E-state index in [0.29, 0.717) is 0 Å². The molecule has 0 saturated carbocycles. The number of rotatable bonds is 3. The van der Waals surface area contributed by atoms with Gasteiger partial charge in [-0.1, -0.05) is 6.07 Å². The zero-order valence-electron chi connectivity index (χ0n) is 9.33. The summed E-state index contributed by atoms with van der Waals surface area (Å²) in [5.74, 6) is 0.867. The summed E-state index contributed by atoms with van der Waals surface area (Å²) in [4.78, 5) is 0. The van der Waals surface area contributed by atoms with Crippen molar-refractivity contribution >= 4 is 15.9 Å². The van der Waals surface area contributed by atoms with Crippen LogP contribution in [0.25, 0.3) is 0 Å². The van der Waals surface area contributed by atoms with Gasteiger partial charge in [-0.2, -0.15) is 0 Å². The highest BCUT2D eigenvalue weighted by Crippen LogP contribution is 2.26. The van der Waals surface area contributed by atoms with E-state index >= 15 is 0 Å². The number of hydrogen-bond acceptors (Lipinski definition) is 3. The van der Waals surface area contributed by atoms with Gasteiger partial charge in [0.2, 0.25) is 0 Å².